The van der Waals surface area contributed by atoms with Crippen molar-refractivity contribution < 1.29 is 24.5 Å². The Kier molecular flexibility index (Phi) is 3.45. The van der Waals surface area contributed by atoms with Crippen LogP contribution >= 0.6 is 0 Å². The van der Waals surface area contributed by atoms with Crippen molar-refractivity contribution in [1.82, 2.24) is 4.98 Å². The monoisotopic (exact) mass is 221 g/mol. The number of hydrogen-bond donors (Lipinski definition) is 2. The topological polar surface area (TPSA) is 96.7 Å². The highest BCUT2D eigenvalue weighted by atomic mass is 16.5. The Morgan fingerprint density at radius 1 is 1.31 bits per heavy atom. The zero-order valence-corrected chi connectivity index (χ0v) is 8.01. The summed E-state index contributed by atoms with van der Waals surface area (Å²) in [6, 6.07) is 2.21. The van der Waals surface area contributed by atoms with Gasteiger partial charge in [-0.3, -0.25) is 0 Å². The summed E-state index contributed by atoms with van der Waals surface area (Å²) in [4.78, 5) is 24.7. The molecule has 16 heavy (non-hydrogen) atoms. The van der Waals surface area contributed by atoms with Gasteiger partial charge in [0.1, 0.15) is 12.4 Å². The van der Waals surface area contributed by atoms with E-state index < -0.39 is 23.3 Å². The highest BCUT2D eigenvalue weighted by Gasteiger charge is 2.13. The lowest BCUT2D eigenvalue weighted by Gasteiger charge is -2.04. The lowest BCUT2D eigenvalue weighted by molar-refractivity contribution is 0.0684. The van der Waals surface area contributed by atoms with E-state index in [0.29, 0.717) is 0 Å². The second-order valence-electron chi connectivity index (χ2n) is 2.68. The number of carboxylic acids is 2. The molecule has 1 rings (SSSR count). The Morgan fingerprint density at radius 3 is 2.19 bits per heavy atom. The molecule has 0 aliphatic rings. The maximum atomic E-state index is 10.7. The van der Waals surface area contributed by atoms with Crippen molar-refractivity contribution >= 4 is 11.9 Å². The quantitative estimate of drug-likeness (QED) is 0.718. The molecule has 1 aromatic heterocycles. The van der Waals surface area contributed by atoms with Crippen LogP contribution < -0.4 is 4.74 Å². The van der Waals surface area contributed by atoms with Crippen LogP contribution in [0, 0.1) is 12.3 Å². The number of carbonyl (C=O) groups is 2. The van der Waals surface area contributed by atoms with Crippen molar-refractivity contribution in [3.8, 4) is 18.1 Å². The molecule has 82 valence electrons. The number of pyridine rings is 1. The average Bonchev–Trinajstić information content (AvgIpc) is 2.25. The standard InChI is InChI=1S/C10H7NO5/c1-2-3-16-6-4-7(9(12)13)11-8(5-6)10(14)15/h1,4-5H,3H2,(H,12,13)(H,14,15). The van der Waals surface area contributed by atoms with Crippen molar-refractivity contribution in [2.45, 2.75) is 0 Å². The van der Waals surface area contributed by atoms with E-state index in [0.717, 1.165) is 12.1 Å². The molecule has 0 atom stereocenters. The molecule has 0 saturated heterocycles. The van der Waals surface area contributed by atoms with Crippen LogP contribution in [0.5, 0.6) is 5.75 Å². The molecule has 0 fully saturated rings. The summed E-state index contributed by atoms with van der Waals surface area (Å²) in [5.74, 6) is -0.444. The summed E-state index contributed by atoms with van der Waals surface area (Å²) >= 11 is 0. The van der Waals surface area contributed by atoms with Gasteiger partial charge in [-0.15, -0.1) is 6.42 Å². The van der Waals surface area contributed by atoms with Gasteiger partial charge in [-0.2, -0.15) is 0 Å². The molecular formula is C10H7NO5. The SMILES string of the molecule is C#CCOc1cc(C(=O)O)nc(C(=O)O)c1. The molecule has 0 spiro atoms. The molecule has 0 radical (unpaired) electrons. The number of nitrogens with zero attached hydrogens (tertiary/aromatic N) is 1. The molecule has 1 heterocycles. The summed E-state index contributed by atoms with van der Waals surface area (Å²) < 4.78 is 4.93. The first-order chi connectivity index (χ1) is 7.54. The number of aromatic carboxylic acids is 2. The Labute approximate surface area is 90.5 Å². The van der Waals surface area contributed by atoms with E-state index in [1.54, 1.807) is 0 Å². The second kappa shape index (κ2) is 4.79. The van der Waals surface area contributed by atoms with Gasteiger partial charge in [0.15, 0.2) is 11.4 Å². The molecule has 0 aliphatic heterocycles. The largest absolute Gasteiger partial charge is 0.481 e. The third-order valence-electron chi connectivity index (χ3n) is 1.56. The van der Waals surface area contributed by atoms with Crippen LogP contribution in [0.1, 0.15) is 21.0 Å². The zero-order valence-electron chi connectivity index (χ0n) is 8.01. The van der Waals surface area contributed by atoms with E-state index in [9.17, 15) is 9.59 Å². The molecule has 6 nitrogen and oxygen atoms in total. The van der Waals surface area contributed by atoms with Crippen LogP contribution in [0.3, 0.4) is 0 Å². The summed E-state index contributed by atoms with van der Waals surface area (Å²) in [7, 11) is 0. The number of hydrogen-bond acceptors (Lipinski definition) is 4. The fourth-order valence-corrected chi connectivity index (χ4v) is 0.933. The number of terminal acetylenes is 1. The minimum atomic E-state index is -1.34. The van der Waals surface area contributed by atoms with Crippen LogP contribution in [0.25, 0.3) is 0 Å². The summed E-state index contributed by atoms with van der Waals surface area (Å²) in [6.07, 6.45) is 4.95. The fraction of sp³-hybridized carbons (Fsp3) is 0.100. The van der Waals surface area contributed by atoms with Gasteiger partial charge in [-0.05, 0) is 0 Å². The molecule has 0 unspecified atom stereocenters. The van der Waals surface area contributed by atoms with E-state index >= 15 is 0 Å². The van der Waals surface area contributed by atoms with Gasteiger partial charge in [-0.1, -0.05) is 5.92 Å². The molecule has 6 heteroatoms. The van der Waals surface area contributed by atoms with Crippen molar-refractivity contribution in [1.29, 1.82) is 0 Å². The third kappa shape index (κ3) is 2.72. The number of carboxylic acid groups (broad SMARTS) is 2. The summed E-state index contributed by atoms with van der Waals surface area (Å²) in [6.45, 7) is -0.0812. The Balaban J connectivity index is 3.14. The van der Waals surface area contributed by atoms with Gasteiger partial charge in [0, 0.05) is 12.1 Å². The maximum absolute atomic E-state index is 10.7. The number of rotatable bonds is 4. The van der Waals surface area contributed by atoms with Crippen molar-refractivity contribution in [3.05, 3.63) is 23.5 Å². The van der Waals surface area contributed by atoms with Crippen LogP contribution in [0.15, 0.2) is 12.1 Å². The second-order valence-corrected chi connectivity index (χ2v) is 2.68. The normalized spacial score (nSPS) is 9.19. The highest BCUT2D eigenvalue weighted by molar-refractivity contribution is 5.90. The van der Waals surface area contributed by atoms with Gasteiger partial charge in [0.25, 0.3) is 0 Å². The number of ether oxygens (including phenoxy) is 1. The molecule has 0 saturated carbocycles. The van der Waals surface area contributed by atoms with Crippen molar-refractivity contribution in [2.24, 2.45) is 0 Å². The van der Waals surface area contributed by atoms with Crippen LogP contribution in [0.2, 0.25) is 0 Å². The lowest BCUT2D eigenvalue weighted by atomic mass is 10.3. The molecule has 0 amide bonds. The minimum absolute atomic E-state index is 0.0581. The van der Waals surface area contributed by atoms with Crippen molar-refractivity contribution in [3.63, 3.8) is 0 Å². The lowest BCUT2D eigenvalue weighted by Crippen LogP contribution is -2.08. The first-order valence-corrected chi connectivity index (χ1v) is 4.09. The molecular weight excluding hydrogens is 214 g/mol. The Bertz CT molecular complexity index is 442. The van der Waals surface area contributed by atoms with Gasteiger partial charge < -0.3 is 14.9 Å². The van der Waals surface area contributed by atoms with Crippen LogP contribution in [-0.4, -0.2) is 33.7 Å². The molecule has 0 aliphatic carbocycles. The predicted octanol–water partition coefficient (Wildman–Crippen LogP) is 0.490. The average molecular weight is 221 g/mol. The zero-order chi connectivity index (χ0) is 12.1. The number of aromatic nitrogens is 1. The van der Waals surface area contributed by atoms with E-state index in [4.69, 9.17) is 21.4 Å². The summed E-state index contributed by atoms with van der Waals surface area (Å²) in [5.41, 5.74) is -0.821. The predicted molar refractivity (Wildman–Crippen MR) is 52.5 cm³/mol. The van der Waals surface area contributed by atoms with Crippen molar-refractivity contribution in [2.75, 3.05) is 6.61 Å². The summed E-state index contributed by atoms with van der Waals surface area (Å²) in [5, 5.41) is 17.4. The smallest absolute Gasteiger partial charge is 0.354 e. The van der Waals surface area contributed by atoms with Gasteiger partial charge in [-0.25, -0.2) is 14.6 Å². The van der Waals surface area contributed by atoms with E-state index in [-0.39, 0.29) is 12.4 Å². The third-order valence-corrected chi connectivity index (χ3v) is 1.56. The molecule has 2 N–H and O–H groups in total. The van der Waals surface area contributed by atoms with E-state index in [1.165, 1.54) is 0 Å². The Hall–Kier alpha value is -2.55. The fourth-order valence-electron chi connectivity index (χ4n) is 0.933. The van der Waals surface area contributed by atoms with Gasteiger partial charge >= 0.3 is 11.9 Å². The first-order valence-electron chi connectivity index (χ1n) is 4.09. The minimum Gasteiger partial charge on any atom is -0.481 e. The maximum Gasteiger partial charge on any atom is 0.354 e. The molecule has 0 bridgehead atoms. The Morgan fingerprint density at radius 2 is 1.81 bits per heavy atom. The highest BCUT2D eigenvalue weighted by Crippen LogP contribution is 2.14. The molecule has 0 aromatic carbocycles. The van der Waals surface area contributed by atoms with Gasteiger partial charge in [0.2, 0.25) is 0 Å². The van der Waals surface area contributed by atoms with E-state index in [1.807, 2.05) is 0 Å². The van der Waals surface area contributed by atoms with Crippen LogP contribution in [0.4, 0.5) is 0 Å². The first kappa shape index (κ1) is 11.5. The van der Waals surface area contributed by atoms with Gasteiger partial charge in [0.05, 0.1) is 0 Å². The molecule has 1 aromatic rings. The van der Waals surface area contributed by atoms with E-state index in [2.05, 4.69) is 10.9 Å². The van der Waals surface area contributed by atoms with Crippen LogP contribution in [-0.2, 0) is 0 Å².